The number of pyridine rings is 1. The van der Waals surface area contributed by atoms with Crippen LogP contribution in [-0.2, 0) is 6.54 Å². The highest BCUT2D eigenvalue weighted by atomic mass is 28.3. The van der Waals surface area contributed by atoms with E-state index >= 15 is 0 Å². The van der Waals surface area contributed by atoms with Gasteiger partial charge in [0.05, 0.1) is 14.6 Å². The summed E-state index contributed by atoms with van der Waals surface area (Å²) in [7, 11) is -1.28. The van der Waals surface area contributed by atoms with Crippen LogP contribution >= 0.6 is 0 Å². The lowest BCUT2D eigenvalue weighted by molar-refractivity contribution is 0.761. The zero-order chi connectivity index (χ0) is 17.2. The Bertz CT molecular complexity index is 874. The Morgan fingerprint density at radius 1 is 0.792 bits per heavy atom. The zero-order valence-electron chi connectivity index (χ0n) is 14.5. The first-order valence-corrected chi connectivity index (χ1v) is 11.8. The number of benzene rings is 2. The average Bonchev–Trinajstić information content (AvgIpc) is 2.57. The van der Waals surface area contributed by atoms with Gasteiger partial charge in [0.1, 0.15) is 0 Å². The molecule has 0 unspecified atom stereocenters. The maximum atomic E-state index is 12.2. The van der Waals surface area contributed by atoms with Crippen molar-refractivity contribution >= 4 is 13.3 Å². The average molecular weight is 334 g/mol. The largest absolute Gasteiger partial charge is 0.310 e. The van der Waals surface area contributed by atoms with E-state index in [4.69, 9.17) is 0 Å². The van der Waals surface area contributed by atoms with Crippen molar-refractivity contribution in [1.29, 1.82) is 0 Å². The van der Waals surface area contributed by atoms with Crippen molar-refractivity contribution in [3.8, 4) is 11.1 Å². The number of hydrogen-bond acceptors (Lipinski definition) is 1. The summed E-state index contributed by atoms with van der Waals surface area (Å²) in [5.74, 6) is 0. The first-order valence-electron chi connectivity index (χ1n) is 8.29. The van der Waals surface area contributed by atoms with E-state index in [9.17, 15) is 4.79 Å². The maximum Gasteiger partial charge on any atom is 0.250 e. The molecule has 2 aromatic carbocycles. The van der Waals surface area contributed by atoms with E-state index in [1.54, 1.807) is 10.6 Å². The minimum atomic E-state index is -1.28. The molecule has 0 aliphatic rings. The maximum absolute atomic E-state index is 12.2. The number of nitrogens with zero attached hydrogens (tertiary/aromatic N) is 1. The van der Waals surface area contributed by atoms with Crippen LogP contribution in [0.15, 0.2) is 77.7 Å². The topological polar surface area (TPSA) is 22.0 Å². The second-order valence-electron chi connectivity index (χ2n) is 7.20. The molecule has 24 heavy (non-hydrogen) atoms. The fourth-order valence-electron chi connectivity index (χ4n) is 2.77. The van der Waals surface area contributed by atoms with E-state index in [2.05, 4.69) is 43.9 Å². The molecule has 0 radical (unpaired) electrons. The Balaban J connectivity index is 1.92. The Morgan fingerprint density at radius 3 is 2.04 bits per heavy atom. The minimum Gasteiger partial charge on any atom is -0.310 e. The Labute approximate surface area is 144 Å². The van der Waals surface area contributed by atoms with Crippen LogP contribution in [0.1, 0.15) is 5.56 Å². The predicted molar refractivity (Wildman–Crippen MR) is 105 cm³/mol. The van der Waals surface area contributed by atoms with Crippen LogP contribution in [0.3, 0.4) is 0 Å². The van der Waals surface area contributed by atoms with Gasteiger partial charge in [-0.15, -0.1) is 0 Å². The molecule has 0 bridgehead atoms. The van der Waals surface area contributed by atoms with Gasteiger partial charge >= 0.3 is 0 Å². The molecule has 0 aliphatic carbocycles. The molecule has 0 spiro atoms. The molecule has 2 nitrogen and oxygen atoms in total. The third-order valence-electron chi connectivity index (χ3n) is 4.26. The molecule has 3 heteroatoms. The summed E-state index contributed by atoms with van der Waals surface area (Å²) >= 11 is 0. The predicted octanol–water partition coefficient (Wildman–Crippen LogP) is 4.11. The molecule has 0 fully saturated rings. The minimum absolute atomic E-state index is 0.0290. The number of hydrogen-bond donors (Lipinski definition) is 0. The van der Waals surface area contributed by atoms with Crippen molar-refractivity contribution in [2.45, 2.75) is 26.2 Å². The van der Waals surface area contributed by atoms with E-state index in [1.165, 1.54) is 5.19 Å². The van der Waals surface area contributed by atoms with Crippen molar-refractivity contribution in [2.24, 2.45) is 0 Å². The SMILES string of the molecule is C[Si](C)(C)c1ccc(-c2ccc(=O)n(Cc3ccccc3)c2)cc1. The van der Waals surface area contributed by atoms with Gasteiger partial charge in [-0.05, 0) is 22.8 Å². The Kier molecular flexibility index (Phi) is 4.54. The Hall–Kier alpha value is -2.39. The molecule has 122 valence electrons. The van der Waals surface area contributed by atoms with Crippen molar-refractivity contribution < 1.29 is 0 Å². The van der Waals surface area contributed by atoms with Gasteiger partial charge in [-0.25, -0.2) is 0 Å². The monoisotopic (exact) mass is 333 g/mol. The van der Waals surface area contributed by atoms with Gasteiger partial charge < -0.3 is 4.57 Å². The van der Waals surface area contributed by atoms with Crippen LogP contribution in [0.4, 0.5) is 0 Å². The van der Waals surface area contributed by atoms with E-state index in [0.717, 1.165) is 16.7 Å². The highest BCUT2D eigenvalue weighted by Gasteiger charge is 2.15. The van der Waals surface area contributed by atoms with Gasteiger partial charge in [-0.3, -0.25) is 4.79 Å². The van der Waals surface area contributed by atoms with Crippen LogP contribution in [-0.4, -0.2) is 12.6 Å². The van der Waals surface area contributed by atoms with Crippen LogP contribution in [0, 0.1) is 0 Å². The summed E-state index contributed by atoms with van der Waals surface area (Å²) in [5, 5.41) is 1.45. The second kappa shape index (κ2) is 6.61. The molecule has 0 atom stereocenters. The van der Waals surface area contributed by atoms with Gasteiger partial charge in [0.15, 0.2) is 0 Å². The summed E-state index contributed by atoms with van der Waals surface area (Å²) in [6.07, 6.45) is 1.96. The lowest BCUT2D eigenvalue weighted by atomic mass is 10.1. The molecule has 1 aromatic heterocycles. The molecule has 3 aromatic rings. The standard InChI is InChI=1S/C21H23NOSi/c1-24(2,3)20-12-9-18(10-13-20)19-11-14-21(23)22(16-19)15-17-7-5-4-6-8-17/h4-14,16H,15H2,1-3H3. The second-order valence-corrected chi connectivity index (χ2v) is 12.3. The van der Waals surface area contributed by atoms with Crippen LogP contribution in [0.5, 0.6) is 0 Å². The van der Waals surface area contributed by atoms with Crippen LogP contribution in [0.25, 0.3) is 11.1 Å². The van der Waals surface area contributed by atoms with Gasteiger partial charge in [0.25, 0.3) is 5.56 Å². The third-order valence-corrected chi connectivity index (χ3v) is 6.33. The number of aromatic nitrogens is 1. The molecule has 0 N–H and O–H groups in total. The van der Waals surface area contributed by atoms with Gasteiger partial charge in [0.2, 0.25) is 0 Å². The summed E-state index contributed by atoms with van der Waals surface area (Å²) in [6.45, 7) is 7.65. The molecule has 3 rings (SSSR count). The molecule has 0 saturated carbocycles. The van der Waals surface area contributed by atoms with E-state index in [1.807, 2.05) is 42.6 Å². The van der Waals surface area contributed by atoms with Crippen molar-refractivity contribution in [2.75, 3.05) is 0 Å². The lowest BCUT2D eigenvalue weighted by Gasteiger charge is -2.17. The first-order chi connectivity index (χ1) is 11.4. The quantitative estimate of drug-likeness (QED) is 0.659. The van der Waals surface area contributed by atoms with Crippen molar-refractivity contribution in [3.63, 3.8) is 0 Å². The summed E-state index contributed by atoms with van der Waals surface area (Å²) in [6, 6.07) is 22.4. The summed E-state index contributed by atoms with van der Waals surface area (Å²) in [5.41, 5.74) is 3.39. The van der Waals surface area contributed by atoms with Crippen LogP contribution < -0.4 is 10.7 Å². The van der Waals surface area contributed by atoms with E-state index in [-0.39, 0.29) is 5.56 Å². The number of rotatable bonds is 4. The summed E-state index contributed by atoms with van der Waals surface area (Å²) < 4.78 is 1.77. The highest BCUT2D eigenvalue weighted by Crippen LogP contribution is 2.18. The lowest BCUT2D eigenvalue weighted by Crippen LogP contribution is -2.37. The van der Waals surface area contributed by atoms with Gasteiger partial charge in [-0.1, -0.05) is 79.4 Å². The molecule has 0 aliphatic heterocycles. The van der Waals surface area contributed by atoms with Crippen LogP contribution in [0.2, 0.25) is 19.6 Å². The summed E-state index contributed by atoms with van der Waals surface area (Å²) in [4.78, 5) is 12.2. The molecule has 0 saturated heterocycles. The molecule has 1 heterocycles. The molecular weight excluding hydrogens is 310 g/mol. The van der Waals surface area contributed by atoms with Gasteiger partial charge in [-0.2, -0.15) is 0 Å². The normalized spacial score (nSPS) is 11.5. The smallest absolute Gasteiger partial charge is 0.250 e. The van der Waals surface area contributed by atoms with Gasteiger partial charge in [0, 0.05) is 12.3 Å². The third kappa shape index (κ3) is 3.74. The van der Waals surface area contributed by atoms with E-state index < -0.39 is 8.07 Å². The van der Waals surface area contributed by atoms with Crippen molar-refractivity contribution in [3.05, 3.63) is 88.8 Å². The molecular formula is C21H23NOSi. The zero-order valence-corrected chi connectivity index (χ0v) is 15.5. The van der Waals surface area contributed by atoms with E-state index in [0.29, 0.717) is 6.54 Å². The molecule has 0 amide bonds. The van der Waals surface area contributed by atoms with Crippen molar-refractivity contribution in [1.82, 2.24) is 4.57 Å². The fourth-order valence-corrected chi connectivity index (χ4v) is 3.94. The highest BCUT2D eigenvalue weighted by molar-refractivity contribution is 6.88. The Morgan fingerprint density at radius 2 is 1.42 bits per heavy atom. The first kappa shape index (κ1) is 16.5. The fraction of sp³-hybridized carbons (Fsp3) is 0.190.